The van der Waals surface area contributed by atoms with Gasteiger partial charge in [0, 0.05) is 4.47 Å². The van der Waals surface area contributed by atoms with Gasteiger partial charge < -0.3 is 9.47 Å². The Morgan fingerprint density at radius 2 is 1.71 bits per heavy atom. The van der Waals surface area contributed by atoms with Gasteiger partial charge in [0.25, 0.3) is 11.1 Å². The molecule has 9 heteroatoms. The summed E-state index contributed by atoms with van der Waals surface area (Å²) in [5.41, 5.74) is 1.86. The van der Waals surface area contributed by atoms with Crippen LogP contribution in [0.5, 0.6) is 11.5 Å². The molecule has 0 spiro atoms. The highest BCUT2D eigenvalue weighted by molar-refractivity contribution is 9.10. The number of imide groups is 1. The summed E-state index contributed by atoms with van der Waals surface area (Å²) in [6.07, 6.45) is 1.63. The van der Waals surface area contributed by atoms with Gasteiger partial charge in [-0.15, -0.1) is 0 Å². The van der Waals surface area contributed by atoms with E-state index >= 15 is 0 Å². The van der Waals surface area contributed by atoms with Gasteiger partial charge in [-0.3, -0.25) is 14.5 Å². The highest BCUT2D eigenvalue weighted by Gasteiger charge is 2.35. The van der Waals surface area contributed by atoms with Gasteiger partial charge in [0.05, 0.1) is 28.1 Å². The largest absolute Gasteiger partial charge is 0.490 e. The number of hydrogen-bond donors (Lipinski definition) is 0. The van der Waals surface area contributed by atoms with Crippen LogP contribution in [0, 0.1) is 0 Å². The maximum absolute atomic E-state index is 13.0. The molecule has 0 bridgehead atoms. The van der Waals surface area contributed by atoms with Gasteiger partial charge in [0.1, 0.15) is 0 Å². The Kier molecular flexibility index (Phi) is 8.10. The van der Waals surface area contributed by atoms with E-state index in [4.69, 9.17) is 9.47 Å². The van der Waals surface area contributed by atoms with Crippen molar-refractivity contribution >= 4 is 66.8 Å². The Morgan fingerprint density at radius 3 is 2.43 bits per heavy atom. The van der Waals surface area contributed by atoms with Crippen LogP contribution >= 0.6 is 43.6 Å². The summed E-state index contributed by atoms with van der Waals surface area (Å²) in [5.74, 6) is -0.317. The minimum Gasteiger partial charge on any atom is -0.490 e. The molecule has 3 aromatic rings. The van der Waals surface area contributed by atoms with Gasteiger partial charge in [-0.05, 0) is 82.2 Å². The smallest absolute Gasteiger partial charge is 0.343 e. The molecule has 6 nitrogen and oxygen atoms in total. The molecule has 35 heavy (non-hydrogen) atoms. The lowest BCUT2D eigenvalue weighted by atomic mass is 10.1. The third-order valence-corrected chi connectivity index (χ3v) is 7.26. The van der Waals surface area contributed by atoms with Crippen LogP contribution in [0.4, 0.5) is 4.79 Å². The molecule has 1 heterocycles. The molecular formula is C26H19Br2NO5S. The molecule has 0 saturated carbocycles. The van der Waals surface area contributed by atoms with Crippen molar-refractivity contribution in [3.63, 3.8) is 0 Å². The summed E-state index contributed by atoms with van der Waals surface area (Å²) in [6, 6.07) is 19.5. The highest BCUT2D eigenvalue weighted by atomic mass is 79.9. The summed E-state index contributed by atoms with van der Waals surface area (Å²) in [5, 5.41) is -0.338. The molecule has 1 aliphatic rings. The van der Waals surface area contributed by atoms with Crippen LogP contribution in [0.2, 0.25) is 0 Å². The molecule has 4 rings (SSSR count). The van der Waals surface area contributed by atoms with E-state index in [0.717, 1.165) is 21.8 Å². The number of thioether (sulfide) groups is 1. The highest BCUT2D eigenvalue weighted by Crippen LogP contribution is 2.40. The second kappa shape index (κ2) is 11.2. The molecule has 0 aromatic heterocycles. The fourth-order valence-corrected chi connectivity index (χ4v) is 5.13. The Labute approximate surface area is 223 Å². The summed E-state index contributed by atoms with van der Waals surface area (Å²) < 4.78 is 12.6. The van der Waals surface area contributed by atoms with Crippen LogP contribution in [0.15, 0.2) is 80.6 Å². The van der Waals surface area contributed by atoms with Crippen molar-refractivity contribution in [2.75, 3.05) is 6.61 Å². The molecular weight excluding hydrogens is 598 g/mol. The Hall–Kier alpha value is -2.88. The molecule has 1 saturated heterocycles. The van der Waals surface area contributed by atoms with Crippen molar-refractivity contribution in [1.29, 1.82) is 0 Å². The van der Waals surface area contributed by atoms with Crippen molar-refractivity contribution in [2.45, 2.75) is 13.5 Å². The fourth-order valence-electron chi connectivity index (χ4n) is 3.34. The van der Waals surface area contributed by atoms with Crippen LogP contribution in [0.1, 0.15) is 28.4 Å². The first-order chi connectivity index (χ1) is 16.9. The predicted molar refractivity (Wildman–Crippen MR) is 142 cm³/mol. The standard InChI is InChI=1S/C26H19Br2NO5S/c1-2-33-21-13-16(12-20(28)23(21)34-25(31)17-8-4-3-5-9-17)14-22-24(30)29(26(32)35-22)15-18-10-6-7-11-19(18)27/h3-14H,2,15H2,1H3/b22-14-. The molecule has 2 amide bonds. The first-order valence-corrected chi connectivity index (χ1v) is 13.0. The van der Waals surface area contributed by atoms with Crippen LogP contribution in [-0.2, 0) is 11.3 Å². The van der Waals surface area contributed by atoms with E-state index in [0.29, 0.717) is 32.9 Å². The van der Waals surface area contributed by atoms with Crippen LogP contribution in [-0.4, -0.2) is 28.6 Å². The predicted octanol–water partition coefficient (Wildman–Crippen LogP) is 7.07. The molecule has 1 aliphatic heterocycles. The van der Waals surface area contributed by atoms with Gasteiger partial charge in [-0.25, -0.2) is 4.79 Å². The third-order valence-electron chi connectivity index (χ3n) is 4.99. The van der Waals surface area contributed by atoms with Gasteiger partial charge in [-0.1, -0.05) is 52.3 Å². The van der Waals surface area contributed by atoms with Crippen molar-refractivity contribution < 1.29 is 23.9 Å². The van der Waals surface area contributed by atoms with Gasteiger partial charge in [-0.2, -0.15) is 0 Å². The normalized spacial score (nSPS) is 14.5. The Bertz CT molecular complexity index is 1330. The quantitative estimate of drug-likeness (QED) is 0.161. The fraction of sp³-hybridized carbons (Fsp3) is 0.115. The summed E-state index contributed by atoms with van der Waals surface area (Å²) in [6.45, 7) is 2.33. The van der Waals surface area contributed by atoms with E-state index in [-0.39, 0.29) is 23.4 Å². The molecule has 0 radical (unpaired) electrons. The molecule has 0 unspecified atom stereocenters. The first-order valence-electron chi connectivity index (χ1n) is 10.6. The zero-order valence-electron chi connectivity index (χ0n) is 18.5. The number of carbonyl (C=O) groups is 3. The lowest BCUT2D eigenvalue weighted by Gasteiger charge is -2.14. The zero-order valence-corrected chi connectivity index (χ0v) is 22.5. The number of amides is 2. The molecule has 178 valence electrons. The van der Waals surface area contributed by atoms with Crippen LogP contribution in [0.25, 0.3) is 6.08 Å². The molecule has 0 aliphatic carbocycles. The lowest BCUT2D eigenvalue weighted by molar-refractivity contribution is -0.123. The third kappa shape index (κ3) is 5.86. The number of carbonyl (C=O) groups excluding carboxylic acids is 3. The Morgan fingerprint density at radius 1 is 1.00 bits per heavy atom. The topological polar surface area (TPSA) is 72.9 Å². The average molecular weight is 617 g/mol. The van der Waals surface area contributed by atoms with E-state index in [1.165, 1.54) is 4.90 Å². The summed E-state index contributed by atoms with van der Waals surface area (Å²) >= 11 is 7.79. The maximum Gasteiger partial charge on any atom is 0.343 e. The van der Waals surface area contributed by atoms with E-state index in [2.05, 4.69) is 31.9 Å². The number of rotatable bonds is 7. The van der Waals surface area contributed by atoms with Crippen LogP contribution in [0.3, 0.4) is 0 Å². The number of nitrogens with zero attached hydrogens (tertiary/aromatic N) is 1. The number of esters is 1. The van der Waals surface area contributed by atoms with Gasteiger partial charge >= 0.3 is 5.97 Å². The number of benzene rings is 3. The van der Waals surface area contributed by atoms with Gasteiger partial charge in [0.15, 0.2) is 11.5 Å². The minimum absolute atomic E-state index is 0.172. The van der Waals surface area contributed by atoms with E-state index < -0.39 is 5.97 Å². The maximum atomic E-state index is 13.0. The zero-order chi connectivity index (χ0) is 24.9. The number of hydrogen-bond acceptors (Lipinski definition) is 6. The van der Waals surface area contributed by atoms with E-state index in [1.807, 2.05) is 37.3 Å². The summed E-state index contributed by atoms with van der Waals surface area (Å²) in [4.78, 5) is 39.6. The second-order valence-electron chi connectivity index (χ2n) is 7.38. The number of halogens is 2. The monoisotopic (exact) mass is 615 g/mol. The van der Waals surface area contributed by atoms with Crippen molar-refractivity contribution in [1.82, 2.24) is 4.90 Å². The van der Waals surface area contributed by atoms with Crippen molar-refractivity contribution in [3.05, 3.63) is 97.3 Å². The minimum atomic E-state index is -0.520. The Balaban J connectivity index is 1.59. The van der Waals surface area contributed by atoms with Gasteiger partial charge in [0.2, 0.25) is 0 Å². The second-order valence-corrected chi connectivity index (χ2v) is 10.1. The molecule has 0 atom stereocenters. The lowest BCUT2D eigenvalue weighted by Crippen LogP contribution is -2.27. The van der Waals surface area contributed by atoms with Crippen molar-refractivity contribution in [2.24, 2.45) is 0 Å². The van der Waals surface area contributed by atoms with E-state index in [1.54, 1.807) is 42.5 Å². The first kappa shape index (κ1) is 25.2. The van der Waals surface area contributed by atoms with Crippen LogP contribution < -0.4 is 9.47 Å². The summed E-state index contributed by atoms with van der Waals surface area (Å²) in [7, 11) is 0. The van der Waals surface area contributed by atoms with Crippen molar-refractivity contribution in [3.8, 4) is 11.5 Å². The number of ether oxygens (including phenoxy) is 2. The average Bonchev–Trinajstić information content (AvgIpc) is 3.10. The molecule has 0 N–H and O–H groups in total. The SMILES string of the molecule is CCOc1cc(/C=C2\SC(=O)N(Cc3ccccc3Br)C2=O)cc(Br)c1OC(=O)c1ccccc1. The van der Waals surface area contributed by atoms with E-state index in [9.17, 15) is 14.4 Å². The molecule has 1 fully saturated rings. The molecule has 3 aromatic carbocycles.